The van der Waals surface area contributed by atoms with Crippen molar-refractivity contribution in [2.45, 2.75) is 57.8 Å². The molecule has 2 radical (unpaired) electrons. The summed E-state index contributed by atoms with van der Waals surface area (Å²) >= 11 is 0. The van der Waals surface area contributed by atoms with Gasteiger partial charge in [-0.1, -0.05) is 30.3 Å². The van der Waals surface area contributed by atoms with E-state index in [9.17, 15) is 19.2 Å². The molecule has 0 saturated carbocycles. The summed E-state index contributed by atoms with van der Waals surface area (Å²) in [6.07, 6.45) is 6.16. The summed E-state index contributed by atoms with van der Waals surface area (Å²) in [5.41, 5.74) is -0.457. The van der Waals surface area contributed by atoms with Crippen molar-refractivity contribution in [3.63, 3.8) is 0 Å². The summed E-state index contributed by atoms with van der Waals surface area (Å²) in [5.74, 6) is -1.82. The van der Waals surface area contributed by atoms with Crippen LogP contribution in [-0.2, 0) is 32.3 Å². The van der Waals surface area contributed by atoms with Crippen LogP contribution in [0, 0.1) is 0 Å². The van der Waals surface area contributed by atoms with Crippen LogP contribution in [0.3, 0.4) is 0 Å². The lowest BCUT2D eigenvalue weighted by molar-refractivity contribution is -0.132. The van der Waals surface area contributed by atoms with Crippen LogP contribution in [0.15, 0.2) is 42.9 Å². The molecule has 2 aromatic rings. The third-order valence-electron chi connectivity index (χ3n) is 5.93. The van der Waals surface area contributed by atoms with Gasteiger partial charge >= 0.3 is 0 Å². The molecular formula is C25H33BN6O5. The van der Waals surface area contributed by atoms with Gasteiger partial charge in [-0.25, -0.2) is 4.98 Å². The van der Waals surface area contributed by atoms with Crippen LogP contribution in [0.2, 0.25) is 0 Å². The third kappa shape index (κ3) is 8.74. The van der Waals surface area contributed by atoms with Gasteiger partial charge in [0.1, 0.15) is 18.1 Å². The Kier molecular flexibility index (Phi) is 9.84. The fourth-order valence-corrected chi connectivity index (χ4v) is 3.88. The first kappa shape index (κ1) is 27.9. The Hall–Kier alpha value is -3.67. The fraction of sp³-hybridized carbons (Fsp3) is 0.480. The lowest BCUT2D eigenvalue weighted by atomic mass is 10.00. The quantitative estimate of drug-likeness (QED) is 0.391. The van der Waals surface area contributed by atoms with Crippen molar-refractivity contribution in [3.05, 3.63) is 48.4 Å². The number of benzene rings is 1. The van der Waals surface area contributed by atoms with E-state index in [0.29, 0.717) is 0 Å². The molecule has 3 rings (SSSR count). The Morgan fingerprint density at radius 1 is 1.11 bits per heavy atom. The van der Waals surface area contributed by atoms with Gasteiger partial charge in [0, 0.05) is 19.3 Å². The number of hydrogen-bond acceptors (Lipinski definition) is 6. The molecule has 196 valence electrons. The Labute approximate surface area is 217 Å². The van der Waals surface area contributed by atoms with Crippen LogP contribution >= 0.6 is 0 Å². The molecule has 0 bridgehead atoms. The van der Waals surface area contributed by atoms with Crippen LogP contribution in [0.4, 0.5) is 10.6 Å². The lowest BCUT2D eigenvalue weighted by Crippen LogP contribution is -2.59. The number of piperidine rings is 1. The highest BCUT2D eigenvalue weighted by atomic mass is 16.5. The number of ether oxygens (including phenoxy) is 1. The topological polar surface area (TPSA) is 135 Å². The van der Waals surface area contributed by atoms with Crippen molar-refractivity contribution < 1.29 is 23.9 Å². The minimum atomic E-state index is -1.36. The number of imidazole rings is 1. The predicted octanol–water partition coefficient (Wildman–Crippen LogP) is 1.19. The number of aromatic nitrogens is 2. The zero-order chi connectivity index (χ0) is 26.8. The van der Waals surface area contributed by atoms with Crippen LogP contribution in [0.1, 0.15) is 38.7 Å². The summed E-state index contributed by atoms with van der Waals surface area (Å²) in [4.78, 5) is 55.7. The Morgan fingerprint density at radius 3 is 2.49 bits per heavy atom. The maximum absolute atomic E-state index is 13.1. The number of nitrogens with zero attached hydrogens (tertiary/aromatic N) is 3. The van der Waals surface area contributed by atoms with E-state index in [2.05, 4.69) is 20.9 Å². The number of likely N-dealkylation sites (tertiary alicyclic amines) is 1. The molecule has 4 amide bonds. The van der Waals surface area contributed by atoms with Gasteiger partial charge in [0.25, 0.3) is 5.91 Å². The maximum Gasteiger partial charge on any atom is 0.250 e. The van der Waals surface area contributed by atoms with E-state index < -0.39 is 29.2 Å². The van der Waals surface area contributed by atoms with Gasteiger partial charge in [0.2, 0.25) is 19.7 Å². The van der Waals surface area contributed by atoms with Crippen molar-refractivity contribution in [1.29, 1.82) is 0 Å². The summed E-state index contributed by atoms with van der Waals surface area (Å²) in [5, 5.41) is 7.61. The van der Waals surface area contributed by atoms with Crippen LogP contribution in [0.25, 0.3) is 0 Å². The molecular weight excluding hydrogens is 475 g/mol. The van der Waals surface area contributed by atoms with E-state index in [-0.39, 0.29) is 31.5 Å². The van der Waals surface area contributed by atoms with E-state index in [1.807, 2.05) is 35.2 Å². The highest BCUT2D eigenvalue weighted by molar-refractivity contribution is 6.57. The second-order valence-electron chi connectivity index (χ2n) is 9.50. The Morgan fingerprint density at radius 2 is 1.81 bits per heavy atom. The fourth-order valence-electron chi connectivity index (χ4n) is 3.88. The average Bonchev–Trinajstić information content (AvgIpc) is 3.30. The first-order chi connectivity index (χ1) is 17.6. The first-order valence-corrected chi connectivity index (χ1v) is 12.2. The first-order valence-electron chi connectivity index (χ1n) is 12.2. The molecule has 2 heterocycles. The largest absolute Gasteiger partial charge is 0.374 e. The van der Waals surface area contributed by atoms with E-state index in [1.165, 1.54) is 20.2 Å². The third-order valence-corrected chi connectivity index (χ3v) is 5.93. The smallest absolute Gasteiger partial charge is 0.250 e. The molecule has 1 aromatic carbocycles. The molecule has 11 nitrogen and oxygen atoms in total. The molecule has 1 atom stereocenters. The SMILES string of the molecule is [B]C(=O)NC(C)(C)C(=O)NC(COCc1ccccc1)C(=O)Nc1cn(CC(=O)N2CCCCC2)cn1. The zero-order valence-electron chi connectivity index (χ0n) is 21.2. The number of hydrogen-bond donors (Lipinski definition) is 3. The molecule has 0 aliphatic carbocycles. The minimum Gasteiger partial charge on any atom is -0.374 e. The van der Waals surface area contributed by atoms with Crippen molar-refractivity contribution in [3.8, 4) is 0 Å². The number of anilines is 1. The van der Waals surface area contributed by atoms with Gasteiger partial charge in [-0.2, -0.15) is 0 Å². The molecule has 1 unspecified atom stereocenters. The van der Waals surface area contributed by atoms with Crippen molar-refractivity contribution >= 4 is 37.2 Å². The molecule has 37 heavy (non-hydrogen) atoms. The van der Waals surface area contributed by atoms with Crippen molar-refractivity contribution in [2.75, 3.05) is 25.0 Å². The molecule has 0 spiro atoms. The van der Waals surface area contributed by atoms with Gasteiger partial charge < -0.3 is 30.2 Å². The van der Waals surface area contributed by atoms with E-state index >= 15 is 0 Å². The number of nitrogens with one attached hydrogen (secondary N) is 3. The monoisotopic (exact) mass is 508 g/mol. The second kappa shape index (κ2) is 13.0. The number of rotatable bonds is 11. The Bertz CT molecular complexity index is 1080. The maximum atomic E-state index is 13.1. The van der Waals surface area contributed by atoms with Crippen molar-refractivity contribution in [1.82, 2.24) is 25.1 Å². The minimum absolute atomic E-state index is 0.00129. The number of carbonyl (C=O) groups excluding carboxylic acids is 4. The highest BCUT2D eigenvalue weighted by Crippen LogP contribution is 2.11. The molecule has 1 aromatic heterocycles. The van der Waals surface area contributed by atoms with E-state index in [0.717, 1.165) is 37.9 Å². The van der Waals surface area contributed by atoms with Gasteiger partial charge in [0.15, 0.2) is 11.6 Å². The van der Waals surface area contributed by atoms with Gasteiger partial charge in [0.05, 0.1) is 19.5 Å². The highest BCUT2D eigenvalue weighted by Gasteiger charge is 2.32. The number of carbonyl (C=O) groups is 4. The predicted molar refractivity (Wildman–Crippen MR) is 138 cm³/mol. The number of amides is 4. The molecule has 12 heteroatoms. The van der Waals surface area contributed by atoms with Crippen LogP contribution < -0.4 is 16.0 Å². The molecule has 1 fully saturated rings. The van der Waals surface area contributed by atoms with Crippen LogP contribution in [-0.4, -0.2) is 77.1 Å². The lowest BCUT2D eigenvalue weighted by Gasteiger charge is -2.27. The zero-order valence-corrected chi connectivity index (χ0v) is 21.2. The molecule has 1 aliphatic heterocycles. The van der Waals surface area contributed by atoms with Gasteiger partial charge in [-0.3, -0.25) is 19.2 Å². The average molecular weight is 508 g/mol. The summed E-state index contributed by atoms with van der Waals surface area (Å²) in [6.45, 7) is 4.66. The summed E-state index contributed by atoms with van der Waals surface area (Å²) in [6, 6.07) is 8.29. The summed E-state index contributed by atoms with van der Waals surface area (Å²) < 4.78 is 7.30. The van der Waals surface area contributed by atoms with Gasteiger partial charge in [-0.15, -0.1) is 0 Å². The van der Waals surface area contributed by atoms with Gasteiger partial charge in [-0.05, 0) is 38.7 Å². The molecule has 1 saturated heterocycles. The second-order valence-corrected chi connectivity index (χ2v) is 9.50. The standard InChI is InChI=1S/C25H33BN6O5/c1-25(2,30-24(26)36)23(35)28-19(16-37-15-18-9-5-3-6-10-18)22(34)29-20-13-31(17-27-20)14-21(33)32-11-7-4-8-12-32/h3,5-6,9-10,13,17,19H,4,7-8,11-12,14-16H2,1-2H3,(H,28,35)(H,29,34)(H,30,36). The van der Waals surface area contributed by atoms with E-state index in [4.69, 9.17) is 12.6 Å². The molecule has 3 N–H and O–H groups in total. The summed E-state index contributed by atoms with van der Waals surface area (Å²) in [7, 11) is 5.17. The van der Waals surface area contributed by atoms with E-state index in [1.54, 1.807) is 10.8 Å². The van der Waals surface area contributed by atoms with Crippen molar-refractivity contribution in [2.24, 2.45) is 0 Å². The van der Waals surface area contributed by atoms with Crippen LogP contribution in [0.5, 0.6) is 0 Å². The Balaban J connectivity index is 1.63. The normalized spacial score (nSPS) is 14.5. The molecule has 1 aliphatic rings.